The van der Waals surface area contributed by atoms with E-state index in [4.69, 9.17) is 4.74 Å². The van der Waals surface area contributed by atoms with Crippen molar-refractivity contribution in [2.45, 2.75) is 52.3 Å². The Balaban J connectivity index is 1.34. The number of fused-ring (bicyclic) bond motifs is 2. The van der Waals surface area contributed by atoms with Gasteiger partial charge in [0, 0.05) is 42.3 Å². The maximum absolute atomic E-state index is 12.8. The average Bonchev–Trinajstić information content (AvgIpc) is 3.17. The molecule has 0 aliphatic carbocycles. The summed E-state index contributed by atoms with van der Waals surface area (Å²) >= 11 is 1.50. The minimum Gasteiger partial charge on any atom is -0.444 e. The van der Waals surface area contributed by atoms with E-state index in [-0.39, 0.29) is 12.6 Å². The minimum atomic E-state index is -0.515. The molecule has 0 bridgehead atoms. The Morgan fingerprint density at radius 3 is 2.65 bits per heavy atom. The largest absolute Gasteiger partial charge is 0.444 e. The van der Waals surface area contributed by atoms with Gasteiger partial charge in [-0.1, -0.05) is 35.5 Å². The molecule has 4 rings (SSSR count). The third kappa shape index (κ3) is 7.27. The molecule has 0 saturated carbocycles. The van der Waals surface area contributed by atoms with Crippen LogP contribution in [0.1, 0.15) is 43.2 Å². The van der Waals surface area contributed by atoms with E-state index in [1.165, 1.54) is 11.3 Å². The second-order valence-electron chi connectivity index (χ2n) is 10.0. The van der Waals surface area contributed by atoms with Crippen molar-refractivity contribution >= 4 is 44.9 Å². The van der Waals surface area contributed by atoms with E-state index >= 15 is 0 Å². The number of hydrogen-bond donors (Lipinski definition) is 3. The van der Waals surface area contributed by atoms with Gasteiger partial charge in [0.05, 0.1) is 0 Å². The molecule has 3 aromatic rings. The van der Waals surface area contributed by atoms with Gasteiger partial charge in [0.15, 0.2) is 0 Å². The van der Waals surface area contributed by atoms with Crippen molar-refractivity contribution in [3.8, 4) is 0 Å². The first-order chi connectivity index (χ1) is 17.7. The van der Waals surface area contributed by atoms with Gasteiger partial charge >= 0.3 is 12.1 Å². The zero-order valence-electron chi connectivity index (χ0n) is 21.4. The lowest BCUT2D eigenvalue weighted by Gasteiger charge is -2.27. The summed E-state index contributed by atoms with van der Waals surface area (Å²) in [5.74, 6) is 0. The smallest absolute Gasteiger partial charge is 0.407 e. The molecular formula is C27H33N5O4S. The lowest BCUT2D eigenvalue weighted by atomic mass is 10.0. The number of rotatable bonds is 8. The van der Waals surface area contributed by atoms with E-state index in [0.29, 0.717) is 17.2 Å². The third-order valence-electron chi connectivity index (χ3n) is 6.02. The van der Waals surface area contributed by atoms with Crippen molar-refractivity contribution in [2.24, 2.45) is 5.18 Å². The van der Waals surface area contributed by atoms with Gasteiger partial charge in [-0.25, -0.2) is 9.59 Å². The predicted molar refractivity (Wildman–Crippen MR) is 148 cm³/mol. The zero-order valence-corrected chi connectivity index (χ0v) is 22.2. The molecule has 1 aliphatic rings. The summed E-state index contributed by atoms with van der Waals surface area (Å²) in [7, 11) is 0. The highest BCUT2D eigenvalue weighted by molar-refractivity contribution is 7.16. The van der Waals surface area contributed by atoms with E-state index < -0.39 is 11.7 Å². The number of benzene rings is 2. The van der Waals surface area contributed by atoms with E-state index in [1.807, 2.05) is 63.2 Å². The SMILES string of the molecule is CC(C)(C)OC(=O)NCCCN1CCc2c(sc(NC(=O)Nc3ccc4ccccc4c3)c2CN=O)C1. The first-order valence-electron chi connectivity index (χ1n) is 12.4. The quantitative estimate of drug-likeness (QED) is 0.245. The highest BCUT2D eigenvalue weighted by Crippen LogP contribution is 2.37. The van der Waals surface area contributed by atoms with Gasteiger partial charge < -0.3 is 15.4 Å². The van der Waals surface area contributed by atoms with E-state index in [0.717, 1.165) is 59.3 Å². The highest BCUT2D eigenvalue weighted by atomic mass is 32.1. The second-order valence-corrected chi connectivity index (χ2v) is 11.2. The van der Waals surface area contributed by atoms with Gasteiger partial charge in [0.25, 0.3) is 0 Å². The Bertz CT molecular complexity index is 1280. The number of anilines is 2. The number of amides is 3. The molecule has 37 heavy (non-hydrogen) atoms. The van der Waals surface area contributed by atoms with Crippen LogP contribution in [-0.4, -0.2) is 42.3 Å². The molecule has 3 amide bonds. The van der Waals surface area contributed by atoms with Crippen LogP contribution in [0.5, 0.6) is 0 Å². The molecule has 3 N–H and O–H groups in total. The predicted octanol–water partition coefficient (Wildman–Crippen LogP) is 6.08. The molecule has 0 atom stereocenters. The minimum absolute atomic E-state index is 0.0250. The number of alkyl carbamates (subject to hydrolysis) is 1. The van der Waals surface area contributed by atoms with Crippen LogP contribution >= 0.6 is 11.3 Å². The van der Waals surface area contributed by atoms with Crippen LogP contribution in [-0.2, 0) is 24.2 Å². The van der Waals surface area contributed by atoms with Gasteiger partial charge in [-0.05, 0) is 62.1 Å². The number of nitrogens with one attached hydrogen (secondary N) is 3. The normalized spacial score (nSPS) is 13.6. The first kappa shape index (κ1) is 26.6. The summed E-state index contributed by atoms with van der Waals surface area (Å²) in [5.41, 5.74) is 2.08. The number of hydrogen-bond acceptors (Lipinski definition) is 7. The average molecular weight is 524 g/mol. The molecule has 196 valence electrons. The molecule has 2 heterocycles. The van der Waals surface area contributed by atoms with Gasteiger partial charge in [-0.15, -0.1) is 11.3 Å². The van der Waals surface area contributed by atoms with Crippen LogP contribution in [0.3, 0.4) is 0 Å². The topological polar surface area (TPSA) is 112 Å². The zero-order chi connectivity index (χ0) is 26.4. The number of nitrogens with zero attached hydrogens (tertiary/aromatic N) is 2. The van der Waals surface area contributed by atoms with Crippen LogP contribution in [0.4, 0.5) is 20.3 Å². The number of thiophene rings is 1. The molecule has 0 saturated heterocycles. The molecule has 9 nitrogen and oxygen atoms in total. The second kappa shape index (κ2) is 11.7. The molecule has 0 fully saturated rings. The molecule has 0 radical (unpaired) electrons. The van der Waals surface area contributed by atoms with Crippen LogP contribution in [0.15, 0.2) is 47.6 Å². The Morgan fingerprint density at radius 1 is 1.11 bits per heavy atom. The summed E-state index contributed by atoms with van der Waals surface area (Å²) in [6, 6.07) is 13.4. The fourth-order valence-corrected chi connectivity index (χ4v) is 5.68. The van der Waals surface area contributed by atoms with E-state index in [2.05, 4.69) is 26.0 Å². The number of carbonyl (C=O) groups excluding carboxylic acids is 2. The Morgan fingerprint density at radius 2 is 1.89 bits per heavy atom. The number of ether oxygens (including phenoxy) is 1. The lowest BCUT2D eigenvalue weighted by Crippen LogP contribution is -2.35. The fourth-order valence-electron chi connectivity index (χ4n) is 4.39. The van der Waals surface area contributed by atoms with Gasteiger partial charge in [0.1, 0.15) is 17.1 Å². The van der Waals surface area contributed by atoms with E-state index in [9.17, 15) is 14.5 Å². The summed E-state index contributed by atoms with van der Waals surface area (Å²) in [6.07, 6.45) is 1.17. The third-order valence-corrected chi connectivity index (χ3v) is 7.20. The van der Waals surface area contributed by atoms with Crippen molar-refractivity contribution in [1.29, 1.82) is 0 Å². The number of carbonyl (C=O) groups is 2. The Labute approximate surface area is 220 Å². The standard InChI is InChI=1S/C27H33N5O4S/c1-27(2,3)36-26(34)28-12-6-13-32-14-11-21-22(16-29-35)24(37-23(21)17-32)31-25(33)30-20-10-9-18-7-4-5-8-19(18)15-20/h4-5,7-10,15H,6,11-14,16-17H2,1-3H3,(H,28,34)(H2,30,31,33). The van der Waals surface area contributed by atoms with Crippen LogP contribution in [0, 0.1) is 4.91 Å². The summed E-state index contributed by atoms with van der Waals surface area (Å²) in [6.45, 7) is 8.45. The van der Waals surface area contributed by atoms with Crippen LogP contribution in [0.25, 0.3) is 10.8 Å². The maximum Gasteiger partial charge on any atom is 0.407 e. The molecule has 0 unspecified atom stereocenters. The lowest BCUT2D eigenvalue weighted by molar-refractivity contribution is 0.0525. The van der Waals surface area contributed by atoms with Gasteiger partial charge in [-0.2, -0.15) is 4.91 Å². The Hall–Kier alpha value is -3.50. The van der Waals surface area contributed by atoms with Gasteiger partial charge in [0.2, 0.25) is 0 Å². The monoisotopic (exact) mass is 523 g/mol. The molecule has 0 spiro atoms. The summed E-state index contributed by atoms with van der Waals surface area (Å²) in [5, 5.41) is 14.5. The molecular weight excluding hydrogens is 490 g/mol. The van der Waals surface area contributed by atoms with Crippen molar-refractivity contribution < 1.29 is 14.3 Å². The van der Waals surface area contributed by atoms with E-state index in [1.54, 1.807) is 0 Å². The maximum atomic E-state index is 12.8. The number of nitroso groups, excluding NO2 is 1. The van der Waals surface area contributed by atoms with Crippen molar-refractivity contribution in [3.05, 3.63) is 63.4 Å². The summed E-state index contributed by atoms with van der Waals surface area (Å²) < 4.78 is 5.27. The summed E-state index contributed by atoms with van der Waals surface area (Å²) in [4.78, 5) is 39.2. The molecule has 1 aliphatic heterocycles. The number of urea groups is 1. The van der Waals surface area contributed by atoms with Crippen molar-refractivity contribution in [2.75, 3.05) is 30.3 Å². The molecule has 10 heteroatoms. The van der Waals surface area contributed by atoms with Crippen molar-refractivity contribution in [1.82, 2.24) is 10.2 Å². The molecule has 1 aromatic heterocycles. The molecule has 2 aromatic carbocycles. The van der Waals surface area contributed by atoms with Crippen LogP contribution < -0.4 is 16.0 Å². The van der Waals surface area contributed by atoms with Gasteiger partial charge in [-0.3, -0.25) is 10.2 Å². The Kier molecular flexibility index (Phi) is 8.40. The highest BCUT2D eigenvalue weighted by Gasteiger charge is 2.25. The fraction of sp³-hybridized carbons (Fsp3) is 0.407. The first-order valence-corrected chi connectivity index (χ1v) is 13.2. The van der Waals surface area contributed by atoms with Crippen LogP contribution in [0.2, 0.25) is 0 Å². The van der Waals surface area contributed by atoms with Crippen molar-refractivity contribution in [3.63, 3.8) is 0 Å².